The number of rotatable bonds is 5. The van der Waals surface area contributed by atoms with Crippen LogP contribution in [0, 0.1) is 11.3 Å². The molecule has 0 unspecified atom stereocenters. The Bertz CT molecular complexity index is 621. The molecule has 0 bridgehead atoms. The van der Waals surface area contributed by atoms with Crippen molar-refractivity contribution in [2.24, 2.45) is 0 Å². The molecule has 0 aliphatic heterocycles. The van der Waals surface area contributed by atoms with Crippen LogP contribution in [0.2, 0.25) is 0 Å². The number of pyridine rings is 1. The topological polar surface area (TPSA) is 55.1 Å². The van der Waals surface area contributed by atoms with Crippen molar-refractivity contribution in [2.45, 2.75) is 13.2 Å². The maximum Gasteiger partial charge on any atom is 0.154 e. The number of hydrogen-bond donors (Lipinski definition) is 0. The molecule has 1 heterocycles. The van der Waals surface area contributed by atoms with Crippen molar-refractivity contribution >= 4 is 15.9 Å². The quantitative estimate of drug-likeness (QED) is 0.841. The first kappa shape index (κ1) is 14.5. The van der Waals surface area contributed by atoms with Crippen LogP contribution in [0.4, 0.5) is 0 Å². The predicted molar refractivity (Wildman–Crippen MR) is 78.1 cm³/mol. The van der Waals surface area contributed by atoms with Gasteiger partial charge in [0.2, 0.25) is 0 Å². The highest BCUT2D eigenvalue weighted by molar-refractivity contribution is 9.10. The highest BCUT2D eigenvalue weighted by atomic mass is 79.9. The Morgan fingerprint density at radius 2 is 1.95 bits per heavy atom. The van der Waals surface area contributed by atoms with E-state index < -0.39 is 0 Å². The van der Waals surface area contributed by atoms with Crippen molar-refractivity contribution in [2.75, 3.05) is 7.11 Å². The summed E-state index contributed by atoms with van der Waals surface area (Å²) in [4.78, 5) is 3.97. The molecule has 102 valence electrons. The standard InChI is InChI=1S/C15H13BrN2O2/c1-19-13-4-2-11(3-5-13)9-20-10-12-6-7-18-14(8-17)15(12)16/h2-7H,9-10H2,1H3. The molecular weight excluding hydrogens is 320 g/mol. The van der Waals surface area contributed by atoms with Gasteiger partial charge >= 0.3 is 0 Å². The number of halogens is 1. The maximum atomic E-state index is 8.90. The zero-order valence-corrected chi connectivity index (χ0v) is 12.6. The number of nitriles is 1. The second kappa shape index (κ2) is 7.04. The first-order chi connectivity index (χ1) is 9.74. The molecular formula is C15H13BrN2O2. The predicted octanol–water partition coefficient (Wildman–Crippen LogP) is 3.44. The van der Waals surface area contributed by atoms with Crippen LogP contribution in [-0.2, 0) is 18.0 Å². The van der Waals surface area contributed by atoms with Gasteiger partial charge in [0.1, 0.15) is 11.8 Å². The molecule has 0 N–H and O–H groups in total. The number of aromatic nitrogens is 1. The molecule has 2 rings (SSSR count). The minimum Gasteiger partial charge on any atom is -0.497 e. The summed E-state index contributed by atoms with van der Waals surface area (Å²) in [7, 11) is 1.64. The van der Waals surface area contributed by atoms with Crippen molar-refractivity contribution in [3.63, 3.8) is 0 Å². The lowest BCUT2D eigenvalue weighted by Crippen LogP contribution is -1.97. The van der Waals surface area contributed by atoms with E-state index in [4.69, 9.17) is 14.7 Å². The first-order valence-corrected chi connectivity index (χ1v) is 6.78. The molecule has 1 aromatic carbocycles. The Balaban J connectivity index is 1.94. The van der Waals surface area contributed by atoms with Gasteiger partial charge in [-0.1, -0.05) is 12.1 Å². The summed E-state index contributed by atoms with van der Waals surface area (Å²) in [6.07, 6.45) is 1.61. The minimum atomic E-state index is 0.371. The number of ether oxygens (including phenoxy) is 2. The summed E-state index contributed by atoms with van der Waals surface area (Å²) in [5.74, 6) is 0.823. The molecule has 2 aromatic rings. The van der Waals surface area contributed by atoms with Crippen LogP contribution >= 0.6 is 15.9 Å². The van der Waals surface area contributed by atoms with Crippen molar-refractivity contribution in [3.05, 3.63) is 57.8 Å². The SMILES string of the molecule is COc1ccc(COCc2ccnc(C#N)c2Br)cc1. The highest BCUT2D eigenvalue weighted by Crippen LogP contribution is 2.20. The van der Waals surface area contributed by atoms with E-state index in [-0.39, 0.29) is 0 Å². The van der Waals surface area contributed by atoms with Gasteiger partial charge < -0.3 is 9.47 Å². The molecule has 0 spiro atoms. The smallest absolute Gasteiger partial charge is 0.154 e. The Morgan fingerprint density at radius 3 is 2.60 bits per heavy atom. The van der Waals surface area contributed by atoms with Crippen LogP contribution in [0.1, 0.15) is 16.8 Å². The molecule has 20 heavy (non-hydrogen) atoms. The van der Waals surface area contributed by atoms with Gasteiger partial charge in [-0.15, -0.1) is 0 Å². The highest BCUT2D eigenvalue weighted by Gasteiger charge is 2.06. The first-order valence-electron chi connectivity index (χ1n) is 5.98. The lowest BCUT2D eigenvalue weighted by Gasteiger charge is -2.07. The molecule has 0 atom stereocenters. The second-order valence-corrected chi connectivity index (χ2v) is 4.88. The molecule has 1 aromatic heterocycles. The summed E-state index contributed by atoms with van der Waals surface area (Å²) < 4.78 is 11.4. The fourth-order valence-corrected chi connectivity index (χ4v) is 2.11. The van der Waals surface area contributed by atoms with Gasteiger partial charge in [0.25, 0.3) is 0 Å². The monoisotopic (exact) mass is 332 g/mol. The van der Waals surface area contributed by atoms with Crippen LogP contribution in [-0.4, -0.2) is 12.1 Å². The number of nitrogens with zero attached hydrogens (tertiary/aromatic N) is 2. The molecule has 0 amide bonds. The van der Waals surface area contributed by atoms with Crippen LogP contribution in [0.25, 0.3) is 0 Å². The third-order valence-electron chi connectivity index (χ3n) is 2.76. The van der Waals surface area contributed by atoms with E-state index in [1.165, 1.54) is 0 Å². The largest absolute Gasteiger partial charge is 0.497 e. The summed E-state index contributed by atoms with van der Waals surface area (Å²) >= 11 is 3.37. The van der Waals surface area contributed by atoms with Crippen molar-refractivity contribution in [1.82, 2.24) is 4.98 Å². The van der Waals surface area contributed by atoms with E-state index in [9.17, 15) is 0 Å². The fraction of sp³-hybridized carbons (Fsp3) is 0.200. The van der Waals surface area contributed by atoms with Crippen molar-refractivity contribution in [3.8, 4) is 11.8 Å². The van der Waals surface area contributed by atoms with Gasteiger partial charge in [0, 0.05) is 6.20 Å². The van der Waals surface area contributed by atoms with Gasteiger partial charge in [-0.25, -0.2) is 4.98 Å². The fourth-order valence-electron chi connectivity index (χ4n) is 1.67. The van der Waals surface area contributed by atoms with E-state index in [1.54, 1.807) is 13.3 Å². The third kappa shape index (κ3) is 3.56. The zero-order valence-electron chi connectivity index (χ0n) is 11.0. The maximum absolute atomic E-state index is 8.90. The molecule has 0 saturated carbocycles. The van der Waals surface area contributed by atoms with Crippen LogP contribution in [0.5, 0.6) is 5.75 Å². The van der Waals surface area contributed by atoms with E-state index in [0.29, 0.717) is 23.4 Å². The lowest BCUT2D eigenvalue weighted by atomic mass is 10.2. The molecule has 5 heteroatoms. The number of benzene rings is 1. The average Bonchev–Trinajstić information content (AvgIpc) is 2.49. The lowest BCUT2D eigenvalue weighted by molar-refractivity contribution is 0.106. The molecule has 0 radical (unpaired) electrons. The zero-order chi connectivity index (χ0) is 14.4. The summed E-state index contributed by atoms with van der Waals surface area (Å²) in [5.41, 5.74) is 2.34. The summed E-state index contributed by atoms with van der Waals surface area (Å²) in [6, 6.07) is 11.6. The van der Waals surface area contributed by atoms with Crippen LogP contribution in [0.15, 0.2) is 41.0 Å². The Hall–Kier alpha value is -1.90. The third-order valence-corrected chi connectivity index (χ3v) is 3.65. The Labute approximate surface area is 126 Å². The van der Waals surface area contributed by atoms with Gasteiger partial charge in [-0.3, -0.25) is 0 Å². The van der Waals surface area contributed by atoms with Gasteiger partial charge in [-0.2, -0.15) is 5.26 Å². The van der Waals surface area contributed by atoms with Gasteiger partial charge in [0.05, 0.1) is 24.8 Å². The average molecular weight is 333 g/mol. The Morgan fingerprint density at radius 1 is 1.20 bits per heavy atom. The molecule has 0 aliphatic carbocycles. The van der Waals surface area contributed by atoms with Crippen molar-refractivity contribution in [1.29, 1.82) is 5.26 Å². The second-order valence-electron chi connectivity index (χ2n) is 4.09. The van der Waals surface area contributed by atoms with E-state index >= 15 is 0 Å². The molecule has 0 fully saturated rings. The minimum absolute atomic E-state index is 0.371. The van der Waals surface area contributed by atoms with Gasteiger partial charge in [0.15, 0.2) is 5.69 Å². The number of hydrogen-bond acceptors (Lipinski definition) is 4. The van der Waals surface area contributed by atoms with E-state index in [0.717, 1.165) is 16.9 Å². The summed E-state index contributed by atoms with van der Waals surface area (Å²) in [5, 5.41) is 8.90. The Kier molecular flexibility index (Phi) is 5.10. The normalized spacial score (nSPS) is 10.1. The van der Waals surface area contributed by atoms with Gasteiger partial charge in [-0.05, 0) is 45.3 Å². The van der Waals surface area contributed by atoms with Crippen molar-refractivity contribution < 1.29 is 9.47 Å². The molecule has 0 saturated heterocycles. The van der Waals surface area contributed by atoms with E-state index in [1.807, 2.05) is 36.4 Å². The van der Waals surface area contributed by atoms with Crippen LogP contribution in [0.3, 0.4) is 0 Å². The van der Waals surface area contributed by atoms with Crippen LogP contribution < -0.4 is 4.74 Å². The summed E-state index contributed by atoms with van der Waals surface area (Å²) in [6.45, 7) is 0.921. The molecule has 0 aliphatic rings. The van der Waals surface area contributed by atoms with E-state index in [2.05, 4.69) is 20.9 Å². The molecule has 4 nitrogen and oxygen atoms in total. The number of methoxy groups -OCH3 is 1.